The maximum atomic E-state index is 12.8. The van der Waals surface area contributed by atoms with E-state index in [0.717, 1.165) is 9.87 Å². The van der Waals surface area contributed by atoms with Gasteiger partial charge in [0.05, 0.1) is 21.7 Å². The highest BCUT2D eigenvalue weighted by Gasteiger charge is 2.21. The smallest absolute Gasteiger partial charge is 0.269 e. The predicted molar refractivity (Wildman–Crippen MR) is 126 cm³/mol. The average molecular weight is 487 g/mol. The zero-order valence-electron chi connectivity index (χ0n) is 17.6. The molecular formula is C22H19ClN4O5S. The number of nitrogens with one attached hydrogen (secondary N) is 1. The molecule has 0 saturated carbocycles. The molecule has 1 amide bonds. The fraction of sp³-hybridized carbons (Fsp3) is 0.0909. The Morgan fingerprint density at radius 1 is 1.09 bits per heavy atom. The van der Waals surface area contributed by atoms with Gasteiger partial charge in [-0.15, -0.1) is 0 Å². The van der Waals surface area contributed by atoms with Crippen molar-refractivity contribution in [3.8, 4) is 0 Å². The molecule has 0 heterocycles. The van der Waals surface area contributed by atoms with Gasteiger partial charge in [0.2, 0.25) is 0 Å². The number of nitro groups is 1. The highest BCUT2D eigenvalue weighted by molar-refractivity contribution is 7.92. The molecule has 0 saturated heterocycles. The monoisotopic (exact) mass is 486 g/mol. The second kappa shape index (κ2) is 9.80. The Morgan fingerprint density at radius 3 is 2.33 bits per heavy atom. The zero-order chi connectivity index (χ0) is 24.2. The SMILES string of the molecule is Cc1ccc(S(=O)(=O)N(C)c2ccc(C(=O)N/N=C\c3cc([N+](=O)[O-])ccc3Cl)cc2)cc1. The minimum absolute atomic E-state index is 0.159. The van der Waals surface area contributed by atoms with E-state index < -0.39 is 20.9 Å². The number of nitrogens with zero attached hydrogens (tertiary/aromatic N) is 3. The lowest BCUT2D eigenvalue weighted by atomic mass is 10.2. The Balaban J connectivity index is 1.70. The Kier molecular flexibility index (Phi) is 7.10. The maximum Gasteiger partial charge on any atom is 0.271 e. The van der Waals surface area contributed by atoms with Gasteiger partial charge >= 0.3 is 0 Å². The number of hydrogen-bond acceptors (Lipinski definition) is 6. The number of hydrazone groups is 1. The van der Waals surface area contributed by atoms with Crippen LogP contribution in [0.4, 0.5) is 11.4 Å². The predicted octanol–water partition coefficient (Wildman–Crippen LogP) is 4.15. The molecule has 0 aliphatic carbocycles. The molecule has 0 unspecified atom stereocenters. The fourth-order valence-electron chi connectivity index (χ4n) is 2.80. The van der Waals surface area contributed by atoms with Crippen molar-refractivity contribution in [2.45, 2.75) is 11.8 Å². The van der Waals surface area contributed by atoms with Crippen LogP contribution in [0, 0.1) is 17.0 Å². The quantitative estimate of drug-likeness (QED) is 0.305. The number of sulfonamides is 1. The largest absolute Gasteiger partial charge is 0.271 e. The van der Waals surface area contributed by atoms with Gasteiger partial charge in [0, 0.05) is 35.3 Å². The lowest BCUT2D eigenvalue weighted by Gasteiger charge is -2.19. The molecule has 0 fully saturated rings. The van der Waals surface area contributed by atoms with Crippen molar-refractivity contribution in [3.63, 3.8) is 0 Å². The van der Waals surface area contributed by atoms with E-state index in [9.17, 15) is 23.3 Å². The van der Waals surface area contributed by atoms with Crippen LogP contribution in [0.15, 0.2) is 76.7 Å². The van der Waals surface area contributed by atoms with Crippen molar-refractivity contribution in [2.24, 2.45) is 5.10 Å². The van der Waals surface area contributed by atoms with E-state index in [1.165, 1.54) is 67.9 Å². The van der Waals surface area contributed by atoms with Crippen molar-refractivity contribution in [2.75, 3.05) is 11.4 Å². The Labute approximate surface area is 195 Å². The lowest BCUT2D eigenvalue weighted by molar-refractivity contribution is -0.384. The molecule has 1 N–H and O–H groups in total. The Bertz CT molecular complexity index is 1320. The van der Waals surface area contributed by atoms with Gasteiger partial charge in [-0.3, -0.25) is 19.2 Å². The number of carbonyl (C=O) groups excluding carboxylic acids is 1. The highest BCUT2D eigenvalue weighted by atomic mass is 35.5. The molecular weight excluding hydrogens is 468 g/mol. The summed E-state index contributed by atoms with van der Waals surface area (Å²) in [4.78, 5) is 22.8. The van der Waals surface area contributed by atoms with Crippen LogP contribution in [0.3, 0.4) is 0 Å². The molecule has 9 nitrogen and oxygen atoms in total. The van der Waals surface area contributed by atoms with Crippen LogP contribution in [0.2, 0.25) is 5.02 Å². The maximum absolute atomic E-state index is 12.8. The first-order valence-electron chi connectivity index (χ1n) is 9.52. The summed E-state index contributed by atoms with van der Waals surface area (Å²) in [6, 6.07) is 16.3. The fourth-order valence-corrected chi connectivity index (χ4v) is 4.16. The first-order valence-corrected chi connectivity index (χ1v) is 11.3. The molecule has 0 aliphatic heterocycles. The molecule has 3 rings (SSSR count). The van der Waals surface area contributed by atoms with Gasteiger partial charge in [0.15, 0.2) is 0 Å². The second-order valence-corrected chi connectivity index (χ2v) is 9.37. The molecule has 0 radical (unpaired) electrons. The zero-order valence-corrected chi connectivity index (χ0v) is 19.2. The first-order chi connectivity index (χ1) is 15.6. The number of rotatable bonds is 7. The van der Waals surface area contributed by atoms with Gasteiger partial charge in [0.1, 0.15) is 0 Å². The van der Waals surface area contributed by atoms with Gasteiger partial charge < -0.3 is 0 Å². The normalized spacial score (nSPS) is 11.4. The van der Waals surface area contributed by atoms with Gasteiger partial charge in [-0.25, -0.2) is 13.8 Å². The summed E-state index contributed by atoms with van der Waals surface area (Å²) in [5.74, 6) is -0.552. The lowest BCUT2D eigenvalue weighted by Crippen LogP contribution is -2.26. The van der Waals surface area contributed by atoms with Gasteiger partial charge in [-0.2, -0.15) is 5.10 Å². The third kappa shape index (κ3) is 5.54. The number of amides is 1. The summed E-state index contributed by atoms with van der Waals surface area (Å²) in [7, 11) is -2.32. The Hall–Kier alpha value is -3.76. The standard InChI is InChI=1S/C22H19ClN4O5S/c1-15-3-10-20(11-4-15)33(31,32)26(2)18-7-5-16(6-8-18)22(28)25-24-14-17-13-19(27(29)30)9-12-21(17)23/h3-14H,1-2H3,(H,25,28)/b24-14-. The van der Waals surface area contributed by atoms with Gasteiger partial charge in [-0.05, 0) is 49.4 Å². The van der Waals surface area contributed by atoms with Crippen LogP contribution in [-0.2, 0) is 10.0 Å². The molecule has 3 aromatic carbocycles. The van der Waals surface area contributed by atoms with Crippen LogP contribution < -0.4 is 9.73 Å². The van der Waals surface area contributed by atoms with E-state index in [-0.39, 0.29) is 26.7 Å². The summed E-state index contributed by atoms with van der Waals surface area (Å²) in [6.45, 7) is 1.87. The number of aryl methyl sites for hydroxylation is 1. The van der Waals surface area contributed by atoms with E-state index in [1.807, 2.05) is 6.92 Å². The molecule has 3 aromatic rings. The number of anilines is 1. The molecule has 170 valence electrons. The van der Waals surface area contributed by atoms with Crippen LogP contribution in [-0.4, -0.2) is 32.5 Å². The minimum Gasteiger partial charge on any atom is -0.269 e. The third-order valence-electron chi connectivity index (χ3n) is 4.73. The van der Waals surface area contributed by atoms with E-state index in [4.69, 9.17) is 11.6 Å². The summed E-state index contributed by atoms with van der Waals surface area (Å²) >= 11 is 5.99. The molecule has 0 aromatic heterocycles. The molecule has 0 spiro atoms. The average Bonchev–Trinajstić information content (AvgIpc) is 2.80. The first kappa shape index (κ1) is 23.9. The van der Waals surface area contributed by atoms with E-state index in [1.54, 1.807) is 12.1 Å². The summed E-state index contributed by atoms with van der Waals surface area (Å²) < 4.78 is 26.7. The van der Waals surface area contributed by atoms with Gasteiger partial charge in [0.25, 0.3) is 21.6 Å². The molecule has 0 bridgehead atoms. The molecule has 33 heavy (non-hydrogen) atoms. The third-order valence-corrected chi connectivity index (χ3v) is 6.88. The highest BCUT2D eigenvalue weighted by Crippen LogP contribution is 2.23. The van der Waals surface area contributed by atoms with Crippen molar-refractivity contribution in [1.29, 1.82) is 0 Å². The van der Waals surface area contributed by atoms with Crippen LogP contribution in [0.1, 0.15) is 21.5 Å². The summed E-state index contributed by atoms with van der Waals surface area (Å²) in [6.07, 6.45) is 1.20. The van der Waals surface area contributed by atoms with Crippen LogP contribution >= 0.6 is 11.6 Å². The number of carbonyl (C=O) groups is 1. The van der Waals surface area contributed by atoms with Crippen molar-refractivity contribution in [1.82, 2.24) is 5.43 Å². The minimum atomic E-state index is -3.75. The van der Waals surface area contributed by atoms with E-state index >= 15 is 0 Å². The van der Waals surface area contributed by atoms with Crippen molar-refractivity contribution >= 4 is 45.1 Å². The molecule has 0 atom stereocenters. The number of nitro benzene ring substituents is 1. The van der Waals surface area contributed by atoms with E-state index in [2.05, 4.69) is 10.5 Å². The number of non-ortho nitro benzene ring substituents is 1. The number of hydrogen-bond donors (Lipinski definition) is 1. The second-order valence-electron chi connectivity index (χ2n) is 6.99. The Morgan fingerprint density at radius 2 is 1.73 bits per heavy atom. The van der Waals surface area contributed by atoms with Gasteiger partial charge in [-0.1, -0.05) is 29.3 Å². The topological polar surface area (TPSA) is 122 Å². The van der Waals surface area contributed by atoms with E-state index in [0.29, 0.717) is 5.69 Å². The van der Waals surface area contributed by atoms with Crippen LogP contribution in [0.5, 0.6) is 0 Å². The van der Waals surface area contributed by atoms with Crippen molar-refractivity contribution in [3.05, 3.63) is 98.6 Å². The summed E-state index contributed by atoms with van der Waals surface area (Å²) in [5.41, 5.74) is 3.97. The summed E-state index contributed by atoms with van der Waals surface area (Å²) in [5, 5.41) is 14.9. The molecule has 11 heteroatoms. The number of halogens is 1. The number of benzene rings is 3. The van der Waals surface area contributed by atoms with Crippen LogP contribution in [0.25, 0.3) is 0 Å². The van der Waals surface area contributed by atoms with Crippen molar-refractivity contribution < 1.29 is 18.1 Å². The molecule has 0 aliphatic rings.